The molecule has 0 heterocycles. The Morgan fingerprint density at radius 3 is 2.16 bits per heavy atom. The molecule has 0 saturated carbocycles. The molecule has 1 aliphatic carbocycles. The van der Waals surface area contributed by atoms with Gasteiger partial charge in [-0.2, -0.15) is 5.10 Å². The van der Waals surface area contributed by atoms with Crippen LogP contribution in [0.25, 0.3) is 11.1 Å². The fourth-order valence-corrected chi connectivity index (χ4v) is 4.91. The molecule has 0 atom stereocenters. The Morgan fingerprint density at radius 2 is 1.55 bits per heavy atom. The summed E-state index contributed by atoms with van der Waals surface area (Å²) in [5, 5.41) is 4.41. The average Bonchev–Trinajstić information content (AvgIpc) is 3.14. The maximum atomic E-state index is 12.5. The molecule has 0 radical (unpaired) electrons. The first kappa shape index (κ1) is 21.0. The fraction of sp³-hybridized carbons (Fsp3) is 0.200. The van der Waals surface area contributed by atoms with Crippen molar-refractivity contribution < 1.29 is 14.3 Å². The molecule has 1 N–H and O–H groups in total. The first-order valence-corrected chi connectivity index (χ1v) is 11.0. The van der Waals surface area contributed by atoms with E-state index in [4.69, 9.17) is 9.47 Å². The van der Waals surface area contributed by atoms with Crippen molar-refractivity contribution in [1.29, 1.82) is 0 Å². The molecule has 0 aromatic heterocycles. The standard InChI is InChI=1S/C25H24N2O3S/c1-16(17-12-13-22(29-2)23(14-17)30-3)26-27-24(28)15-31-25-20-10-6-4-8-18(20)19-9-5-7-11-21(19)25/h4-14,25H,15H2,1-3H3,(H,27,28)/b26-16-. The highest BCUT2D eigenvalue weighted by Crippen LogP contribution is 2.49. The van der Waals surface area contributed by atoms with Gasteiger partial charge < -0.3 is 9.47 Å². The summed E-state index contributed by atoms with van der Waals surface area (Å²) in [5.74, 6) is 1.45. The molecule has 6 heteroatoms. The number of carbonyl (C=O) groups is 1. The highest BCUT2D eigenvalue weighted by Gasteiger charge is 2.28. The number of hydrogen-bond donors (Lipinski definition) is 1. The third-order valence-electron chi connectivity index (χ3n) is 5.31. The van der Waals surface area contributed by atoms with Gasteiger partial charge in [-0.3, -0.25) is 4.79 Å². The molecule has 4 rings (SSSR count). The minimum Gasteiger partial charge on any atom is -0.493 e. The molecule has 31 heavy (non-hydrogen) atoms. The molecule has 0 unspecified atom stereocenters. The lowest BCUT2D eigenvalue weighted by Gasteiger charge is -2.13. The second-order valence-corrected chi connectivity index (χ2v) is 8.26. The Kier molecular flexibility index (Phi) is 6.28. The van der Waals surface area contributed by atoms with Crippen molar-refractivity contribution in [3.05, 3.63) is 83.4 Å². The summed E-state index contributed by atoms with van der Waals surface area (Å²) < 4.78 is 10.6. The first-order chi connectivity index (χ1) is 15.1. The van der Waals surface area contributed by atoms with E-state index in [1.165, 1.54) is 22.3 Å². The van der Waals surface area contributed by atoms with Crippen molar-refractivity contribution in [2.24, 2.45) is 5.10 Å². The smallest absolute Gasteiger partial charge is 0.250 e. The van der Waals surface area contributed by atoms with Crippen molar-refractivity contribution in [1.82, 2.24) is 5.43 Å². The zero-order valence-electron chi connectivity index (χ0n) is 17.7. The number of benzene rings is 3. The number of nitrogens with one attached hydrogen (secondary N) is 1. The number of ether oxygens (including phenoxy) is 2. The molecule has 0 aliphatic heterocycles. The van der Waals surface area contributed by atoms with Crippen LogP contribution in [-0.2, 0) is 4.79 Å². The SMILES string of the molecule is COc1ccc(/C(C)=N\NC(=O)CSC2c3ccccc3-c3ccccc32)cc1OC. The van der Waals surface area contributed by atoms with E-state index in [1.807, 2.05) is 25.1 Å². The molecule has 0 spiro atoms. The fourth-order valence-electron chi connectivity index (χ4n) is 3.75. The van der Waals surface area contributed by atoms with E-state index >= 15 is 0 Å². The third kappa shape index (κ3) is 4.30. The summed E-state index contributed by atoms with van der Waals surface area (Å²) in [6.07, 6.45) is 0. The maximum Gasteiger partial charge on any atom is 0.250 e. The molecule has 3 aromatic carbocycles. The highest BCUT2D eigenvalue weighted by molar-refractivity contribution is 8.00. The van der Waals surface area contributed by atoms with Crippen LogP contribution in [0.5, 0.6) is 11.5 Å². The number of hydrazone groups is 1. The molecule has 0 fully saturated rings. The molecular formula is C25H24N2O3S. The van der Waals surface area contributed by atoms with Crippen LogP contribution in [0.15, 0.2) is 71.8 Å². The normalized spacial score (nSPS) is 12.8. The van der Waals surface area contributed by atoms with Crippen LogP contribution in [0.1, 0.15) is 28.9 Å². The molecule has 3 aromatic rings. The van der Waals surface area contributed by atoms with Crippen molar-refractivity contribution in [2.45, 2.75) is 12.2 Å². The number of hydrogen-bond acceptors (Lipinski definition) is 5. The van der Waals surface area contributed by atoms with Crippen molar-refractivity contribution in [3.8, 4) is 22.6 Å². The second kappa shape index (κ2) is 9.27. The predicted molar refractivity (Wildman–Crippen MR) is 126 cm³/mol. The number of fused-ring (bicyclic) bond motifs is 3. The van der Waals surface area contributed by atoms with Gasteiger partial charge in [0, 0.05) is 5.56 Å². The lowest BCUT2D eigenvalue weighted by molar-refractivity contribution is -0.118. The Hall–Kier alpha value is -3.25. The van der Waals surface area contributed by atoms with Gasteiger partial charge in [-0.1, -0.05) is 48.5 Å². The number of carbonyl (C=O) groups excluding carboxylic acids is 1. The first-order valence-electron chi connectivity index (χ1n) is 9.97. The second-order valence-electron chi connectivity index (χ2n) is 7.17. The van der Waals surface area contributed by atoms with Gasteiger partial charge in [-0.05, 0) is 47.4 Å². The molecule has 0 bridgehead atoms. The minimum absolute atomic E-state index is 0.133. The summed E-state index contributed by atoms with van der Waals surface area (Å²) in [4.78, 5) is 12.5. The van der Waals surface area contributed by atoms with Gasteiger partial charge in [-0.25, -0.2) is 5.43 Å². The van der Waals surface area contributed by atoms with Crippen LogP contribution in [0.2, 0.25) is 0 Å². The number of thioether (sulfide) groups is 1. The molecule has 0 saturated heterocycles. The van der Waals surface area contributed by atoms with Crippen LogP contribution >= 0.6 is 11.8 Å². The zero-order chi connectivity index (χ0) is 21.8. The molecule has 5 nitrogen and oxygen atoms in total. The Morgan fingerprint density at radius 1 is 0.935 bits per heavy atom. The van der Waals surface area contributed by atoms with Gasteiger partial charge in [0.15, 0.2) is 11.5 Å². The van der Waals surface area contributed by atoms with E-state index in [0.717, 1.165) is 5.56 Å². The summed E-state index contributed by atoms with van der Waals surface area (Å²) >= 11 is 1.62. The maximum absolute atomic E-state index is 12.5. The number of rotatable bonds is 7. The third-order valence-corrected chi connectivity index (χ3v) is 6.58. The quantitative estimate of drug-likeness (QED) is 0.419. The van der Waals surface area contributed by atoms with Gasteiger partial charge in [0.05, 0.1) is 30.9 Å². The molecular weight excluding hydrogens is 408 g/mol. The van der Waals surface area contributed by atoms with Crippen LogP contribution in [0, 0.1) is 0 Å². The monoisotopic (exact) mass is 432 g/mol. The van der Waals surface area contributed by atoms with Crippen LogP contribution in [0.4, 0.5) is 0 Å². The Balaban J connectivity index is 1.42. The van der Waals surface area contributed by atoms with Gasteiger partial charge >= 0.3 is 0 Å². The highest BCUT2D eigenvalue weighted by atomic mass is 32.2. The summed E-state index contributed by atoms with van der Waals surface area (Å²) in [6, 6.07) is 22.3. The lowest BCUT2D eigenvalue weighted by Crippen LogP contribution is -2.21. The molecule has 158 valence electrons. The van der Waals surface area contributed by atoms with Crippen LogP contribution < -0.4 is 14.9 Å². The van der Waals surface area contributed by atoms with E-state index in [0.29, 0.717) is 23.0 Å². The predicted octanol–water partition coefficient (Wildman–Crippen LogP) is 5.05. The number of methoxy groups -OCH3 is 2. The molecule has 1 aliphatic rings. The topological polar surface area (TPSA) is 59.9 Å². The Labute approximate surface area is 186 Å². The van der Waals surface area contributed by atoms with Crippen molar-refractivity contribution >= 4 is 23.4 Å². The van der Waals surface area contributed by atoms with Crippen LogP contribution in [-0.4, -0.2) is 31.6 Å². The van der Waals surface area contributed by atoms with Gasteiger partial charge in [0.2, 0.25) is 5.91 Å². The van der Waals surface area contributed by atoms with Crippen molar-refractivity contribution in [3.63, 3.8) is 0 Å². The van der Waals surface area contributed by atoms with Gasteiger partial charge in [0.25, 0.3) is 0 Å². The van der Waals surface area contributed by atoms with Crippen molar-refractivity contribution in [2.75, 3.05) is 20.0 Å². The lowest BCUT2D eigenvalue weighted by atomic mass is 10.1. The zero-order valence-corrected chi connectivity index (χ0v) is 18.5. The number of amides is 1. The molecule has 1 amide bonds. The van der Waals surface area contributed by atoms with E-state index in [-0.39, 0.29) is 11.2 Å². The van der Waals surface area contributed by atoms with E-state index in [1.54, 1.807) is 26.0 Å². The summed E-state index contributed by atoms with van der Waals surface area (Å²) in [7, 11) is 3.18. The average molecular weight is 433 g/mol. The largest absolute Gasteiger partial charge is 0.493 e. The van der Waals surface area contributed by atoms with Crippen LogP contribution in [0.3, 0.4) is 0 Å². The summed E-state index contributed by atoms with van der Waals surface area (Å²) in [6.45, 7) is 1.85. The minimum atomic E-state index is -0.133. The number of nitrogens with zero attached hydrogens (tertiary/aromatic N) is 1. The van der Waals surface area contributed by atoms with E-state index in [9.17, 15) is 4.79 Å². The van der Waals surface area contributed by atoms with E-state index < -0.39 is 0 Å². The summed E-state index contributed by atoms with van der Waals surface area (Å²) in [5.41, 5.74) is 9.23. The van der Waals surface area contributed by atoms with E-state index in [2.05, 4.69) is 59.1 Å². The van der Waals surface area contributed by atoms with Gasteiger partial charge in [0.1, 0.15) is 0 Å². The van der Waals surface area contributed by atoms with Gasteiger partial charge in [-0.15, -0.1) is 11.8 Å². The Bertz CT molecular complexity index is 1100.